The van der Waals surface area contributed by atoms with E-state index in [1.54, 1.807) is 49.4 Å². The maximum Gasteiger partial charge on any atom is 0.264 e. The summed E-state index contributed by atoms with van der Waals surface area (Å²) in [6.45, 7) is 4.82. The highest BCUT2D eigenvalue weighted by atomic mass is 32.2. The Labute approximate surface area is 210 Å². The predicted octanol–water partition coefficient (Wildman–Crippen LogP) is 2.82. The van der Waals surface area contributed by atoms with Crippen molar-refractivity contribution in [2.75, 3.05) is 17.5 Å². The van der Waals surface area contributed by atoms with Crippen molar-refractivity contribution in [3.63, 3.8) is 0 Å². The number of anilines is 1. The van der Waals surface area contributed by atoms with Crippen LogP contribution in [0.1, 0.15) is 22.3 Å². The second kappa shape index (κ2) is 11.5. The Kier molecular flexibility index (Phi) is 8.44. The minimum Gasteiger partial charge on any atom is -0.484 e. The lowest BCUT2D eigenvalue weighted by molar-refractivity contribution is -0.120. The Morgan fingerprint density at radius 2 is 1.61 bits per heavy atom. The molecule has 2 amide bonds. The summed E-state index contributed by atoms with van der Waals surface area (Å²) in [4.78, 5) is 23.6. The van der Waals surface area contributed by atoms with Crippen molar-refractivity contribution in [2.24, 2.45) is 10.8 Å². The number of hydrazone groups is 1. The highest BCUT2D eigenvalue weighted by Crippen LogP contribution is 2.28. The van der Waals surface area contributed by atoms with E-state index in [4.69, 9.17) is 10.5 Å². The third-order valence-corrected chi connectivity index (χ3v) is 6.97. The summed E-state index contributed by atoms with van der Waals surface area (Å²) in [7, 11) is -4.02. The number of nitrogens with two attached hydrogens (primary N) is 1. The van der Waals surface area contributed by atoms with Crippen LogP contribution in [0, 0.1) is 20.8 Å². The van der Waals surface area contributed by atoms with Gasteiger partial charge in [0.15, 0.2) is 6.61 Å². The van der Waals surface area contributed by atoms with Crippen LogP contribution in [0.4, 0.5) is 5.69 Å². The summed E-state index contributed by atoms with van der Waals surface area (Å²) >= 11 is 0. The zero-order valence-corrected chi connectivity index (χ0v) is 21.1. The summed E-state index contributed by atoms with van der Waals surface area (Å²) in [6.07, 6.45) is 1.41. The lowest BCUT2D eigenvalue weighted by Gasteiger charge is -2.25. The van der Waals surface area contributed by atoms with E-state index < -0.39 is 28.4 Å². The molecule has 0 aliphatic heterocycles. The number of nitrogens with one attached hydrogen (secondary N) is 1. The van der Waals surface area contributed by atoms with Gasteiger partial charge in [0, 0.05) is 0 Å². The lowest BCUT2D eigenvalue weighted by atomic mass is 10.1. The molecule has 0 aliphatic rings. The molecular weight excluding hydrogens is 480 g/mol. The van der Waals surface area contributed by atoms with Gasteiger partial charge < -0.3 is 10.5 Å². The zero-order chi connectivity index (χ0) is 26.3. The number of rotatable bonds is 10. The van der Waals surface area contributed by atoms with Crippen molar-refractivity contribution >= 4 is 33.7 Å². The van der Waals surface area contributed by atoms with E-state index in [9.17, 15) is 18.0 Å². The number of benzene rings is 3. The molecule has 0 spiro atoms. The molecule has 0 aliphatic carbocycles. The average molecular weight is 509 g/mol. The normalized spacial score (nSPS) is 11.3. The van der Waals surface area contributed by atoms with E-state index in [2.05, 4.69) is 10.5 Å². The van der Waals surface area contributed by atoms with Gasteiger partial charge in [0.2, 0.25) is 0 Å². The summed E-state index contributed by atoms with van der Waals surface area (Å²) in [5.74, 6) is -0.729. The molecule has 0 heterocycles. The van der Waals surface area contributed by atoms with E-state index in [1.807, 2.05) is 26.0 Å². The van der Waals surface area contributed by atoms with Gasteiger partial charge in [-0.1, -0.05) is 29.8 Å². The van der Waals surface area contributed by atoms with Crippen LogP contribution in [0.5, 0.6) is 5.75 Å². The first-order valence-corrected chi connectivity index (χ1v) is 12.5. The Morgan fingerprint density at radius 1 is 0.972 bits per heavy atom. The molecule has 10 heteroatoms. The molecule has 0 saturated carbocycles. The zero-order valence-electron chi connectivity index (χ0n) is 20.3. The molecule has 36 heavy (non-hydrogen) atoms. The maximum absolute atomic E-state index is 13.5. The van der Waals surface area contributed by atoms with Crippen LogP contribution in [-0.4, -0.2) is 39.6 Å². The largest absolute Gasteiger partial charge is 0.484 e. The second-order valence-electron chi connectivity index (χ2n) is 8.23. The average Bonchev–Trinajstić information content (AvgIpc) is 2.84. The van der Waals surface area contributed by atoms with Gasteiger partial charge in [0.1, 0.15) is 12.3 Å². The standard InChI is InChI=1S/C26H28N4O5S/c1-18-5-12-23(13-6-18)36(33,34)30(24-14-19(2)4-7-20(24)3)16-26(32)29-28-15-21-8-10-22(11-9-21)35-17-25(27)31/h4-15H,16-17H2,1-3H3,(H2,27,31)(H,29,32)/b28-15-. The van der Waals surface area contributed by atoms with Gasteiger partial charge in [-0.3, -0.25) is 13.9 Å². The third-order valence-electron chi connectivity index (χ3n) is 5.19. The fourth-order valence-electron chi connectivity index (χ4n) is 3.27. The molecule has 3 aromatic carbocycles. The number of hydrogen-bond donors (Lipinski definition) is 2. The summed E-state index contributed by atoms with van der Waals surface area (Å²) < 4.78 is 33.4. The number of sulfonamides is 1. The van der Waals surface area contributed by atoms with Gasteiger partial charge >= 0.3 is 0 Å². The first-order chi connectivity index (χ1) is 17.1. The van der Waals surface area contributed by atoms with Crippen molar-refractivity contribution in [1.29, 1.82) is 0 Å². The molecule has 0 atom stereocenters. The van der Waals surface area contributed by atoms with Gasteiger partial charge in [-0.25, -0.2) is 13.8 Å². The molecule has 0 fully saturated rings. The number of aryl methyl sites for hydroxylation is 3. The van der Waals surface area contributed by atoms with Crippen LogP contribution < -0.4 is 20.2 Å². The molecule has 9 nitrogen and oxygen atoms in total. The van der Waals surface area contributed by atoms with E-state index in [0.29, 0.717) is 22.6 Å². The summed E-state index contributed by atoms with van der Waals surface area (Å²) in [6, 6.07) is 18.5. The SMILES string of the molecule is Cc1ccc(S(=O)(=O)N(CC(=O)N/N=C\c2ccc(OCC(N)=O)cc2)c2cc(C)ccc2C)cc1. The second-order valence-corrected chi connectivity index (χ2v) is 10.1. The van der Waals surface area contributed by atoms with Crippen LogP contribution in [0.2, 0.25) is 0 Å². The van der Waals surface area contributed by atoms with Crippen molar-refractivity contribution < 1.29 is 22.7 Å². The monoisotopic (exact) mass is 508 g/mol. The molecule has 0 bridgehead atoms. The first kappa shape index (κ1) is 26.4. The van der Waals surface area contributed by atoms with Crippen LogP contribution in [-0.2, 0) is 19.6 Å². The molecule has 0 radical (unpaired) electrons. The minimum absolute atomic E-state index is 0.0870. The van der Waals surface area contributed by atoms with E-state index in [0.717, 1.165) is 15.4 Å². The quantitative estimate of drug-likeness (QED) is 0.321. The van der Waals surface area contributed by atoms with Crippen molar-refractivity contribution in [3.05, 3.63) is 89.0 Å². The molecule has 0 aromatic heterocycles. The Bertz CT molecular complexity index is 1370. The van der Waals surface area contributed by atoms with E-state index in [-0.39, 0.29) is 11.5 Å². The van der Waals surface area contributed by atoms with Gasteiger partial charge in [-0.2, -0.15) is 5.10 Å². The number of nitrogens with zero attached hydrogens (tertiary/aromatic N) is 2. The number of carbonyl (C=O) groups is 2. The fraction of sp³-hybridized carbons (Fsp3) is 0.192. The van der Waals surface area contributed by atoms with Crippen LogP contribution in [0.25, 0.3) is 0 Å². The Hall–Kier alpha value is -4.18. The van der Waals surface area contributed by atoms with Gasteiger partial charge in [-0.05, 0) is 79.9 Å². The smallest absolute Gasteiger partial charge is 0.264 e. The number of hydrogen-bond acceptors (Lipinski definition) is 6. The van der Waals surface area contributed by atoms with Crippen LogP contribution >= 0.6 is 0 Å². The van der Waals surface area contributed by atoms with Crippen LogP contribution in [0.3, 0.4) is 0 Å². The molecule has 0 saturated heterocycles. The summed E-state index contributed by atoms with van der Waals surface area (Å²) in [5.41, 5.74) is 11.0. The minimum atomic E-state index is -4.02. The predicted molar refractivity (Wildman–Crippen MR) is 138 cm³/mol. The summed E-state index contributed by atoms with van der Waals surface area (Å²) in [5, 5.41) is 3.94. The topological polar surface area (TPSA) is 131 Å². The highest BCUT2D eigenvalue weighted by molar-refractivity contribution is 7.92. The maximum atomic E-state index is 13.5. The fourth-order valence-corrected chi connectivity index (χ4v) is 4.75. The van der Waals surface area contributed by atoms with E-state index in [1.165, 1.54) is 18.3 Å². The van der Waals surface area contributed by atoms with Crippen molar-refractivity contribution in [3.8, 4) is 5.75 Å². The molecular formula is C26H28N4O5S. The Morgan fingerprint density at radius 3 is 2.25 bits per heavy atom. The molecule has 3 N–H and O–H groups in total. The van der Waals surface area contributed by atoms with E-state index >= 15 is 0 Å². The number of primary amides is 1. The molecule has 3 aromatic rings. The highest BCUT2D eigenvalue weighted by Gasteiger charge is 2.28. The van der Waals surface area contributed by atoms with Crippen molar-refractivity contribution in [2.45, 2.75) is 25.7 Å². The number of ether oxygens (including phenoxy) is 1. The Balaban J connectivity index is 1.78. The lowest BCUT2D eigenvalue weighted by Crippen LogP contribution is -2.40. The van der Waals surface area contributed by atoms with Crippen LogP contribution in [0.15, 0.2) is 76.7 Å². The first-order valence-electron chi connectivity index (χ1n) is 11.1. The van der Waals surface area contributed by atoms with Crippen molar-refractivity contribution in [1.82, 2.24) is 5.43 Å². The number of carbonyl (C=O) groups excluding carboxylic acids is 2. The molecule has 188 valence electrons. The molecule has 3 rings (SSSR count). The third kappa shape index (κ3) is 6.92. The van der Waals surface area contributed by atoms with Gasteiger partial charge in [0.25, 0.3) is 21.8 Å². The number of amides is 2. The van der Waals surface area contributed by atoms with Gasteiger partial charge in [-0.15, -0.1) is 0 Å². The molecule has 0 unspecified atom stereocenters. The van der Waals surface area contributed by atoms with Gasteiger partial charge in [0.05, 0.1) is 16.8 Å².